The van der Waals surface area contributed by atoms with Crippen molar-refractivity contribution in [2.24, 2.45) is 0 Å². The lowest BCUT2D eigenvalue weighted by Gasteiger charge is -2.22. The largest absolute Gasteiger partial charge is 0.508 e. The molecule has 22 heavy (non-hydrogen) atoms. The molecular weight excluding hydrogens is 290 g/mol. The second kappa shape index (κ2) is 5.87. The lowest BCUT2D eigenvalue weighted by atomic mass is 9.84. The first-order chi connectivity index (χ1) is 10.9. The predicted octanol–water partition coefficient (Wildman–Crippen LogP) is 3.82. The molecule has 1 aromatic heterocycles. The maximum Gasteiger partial charge on any atom is 0.233 e. The van der Waals surface area contributed by atoms with Crippen molar-refractivity contribution in [2.45, 2.75) is 33.1 Å². The van der Waals surface area contributed by atoms with Gasteiger partial charge in [-0.2, -0.15) is 5.10 Å². The average molecular weight is 310 g/mol. The molecule has 0 aliphatic carbocycles. The third-order valence-corrected chi connectivity index (χ3v) is 3.09. The Hall–Kier alpha value is -2.24. The summed E-state index contributed by atoms with van der Waals surface area (Å²) in [5.41, 5.74) is -1.01. The molecule has 0 atom stereocenters. The van der Waals surface area contributed by atoms with Gasteiger partial charge in [-0.25, -0.2) is 8.78 Å². The van der Waals surface area contributed by atoms with Crippen molar-refractivity contribution in [3.05, 3.63) is 35.5 Å². The zero-order valence-corrected chi connectivity index (χ0v) is 12.7. The fourth-order valence-corrected chi connectivity index (χ4v) is 2.19. The van der Waals surface area contributed by atoms with Crippen LogP contribution in [0.15, 0.2) is 18.3 Å². The summed E-state index contributed by atoms with van der Waals surface area (Å²) < 4.78 is 48.5. The third-order valence-electron chi connectivity index (χ3n) is 3.09. The van der Waals surface area contributed by atoms with Crippen LogP contribution in [0.1, 0.15) is 36.0 Å². The maximum absolute atomic E-state index is 14.5. The molecule has 0 amide bonds. The SMILES string of the molecule is [2H]C([2H])(C)Oc1cc(-c2cc(O)c(C(C)(C)C)c(F)c2F)cnn1. The van der Waals surface area contributed by atoms with Gasteiger partial charge in [0.25, 0.3) is 0 Å². The van der Waals surface area contributed by atoms with Crippen LogP contribution in [0.5, 0.6) is 11.6 Å². The summed E-state index contributed by atoms with van der Waals surface area (Å²) in [6.45, 7) is 4.15. The molecule has 118 valence electrons. The molecule has 0 unspecified atom stereocenters. The van der Waals surface area contributed by atoms with Crippen LogP contribution in [0.4, 0.5) is 8.78 Å². The van der Waals surface area contributed by atoms with Gasteiger partial charge in [0.15, 0.2) is 11.6 Å². The number of halogens is 2. The van der Waals surface area contributed by atoms with E-state index in [0.717, 1.165) is 6.07 Å². The van der Waals surface area contributed by atoms with Crippen LogP contribution in [0.3, 0.4) is 0 Å². The number of benzene rings is 1. The lowest BCUT2D eigenvalue weighted by Crippen LogP contribution is -2.15. The Morgan fingerprint density at radius 1 is 1.27 bits per heavy atom. The number of aromatic nitrogens is 2. The molecule has 1 N–H and O–H groups in total. The lowest BCUT2D eigenvalue weighted by molar-refractivity contribution is 0.323. The van der Waals surface area contributed by atoms with E-state index in [4.69, 9.17) is 7.48 Å². The molecule has 0 radical (unpaired) electrons. The Balaban J connectivity index is 2.57. The summed E-state index contributed by atoms with van der Waals surface area (Å²) in [5, 5.41) is 17.3. The summed E-state index contributed by atoms with van der Waals surface area (Å²) in [4.78, 5) is 0. The highest BCUT2D eigenvalue weighted by Gasteiger charge is 2.27. The van der Waals surface area contributed by atoms with Gasteiger partial charge in [0.05, 0.1) is 15.5 Å². The number of nitrogens with zero attached hydrogens (tertiary/aromatic N) is 2. The van der Waals surface area contributed by atoms with Crippen LogP contribution in [0.2, 0.25) is 0 Å². The van der Waals surface area contributed by atoms with E-state index in [2.05, 4.69) is 10.2 Å². The van der Waals surface area contributed by atoms with Crippen molar-refractivity contribution in [2.75, 3.05) is 6.56 Å². The Morgan fingerprint density at radius 2 is 1.95 bits per heavy atom. The van der Waals surface area contributed by atoms with Gasteiger partial charge >= 0.3 is 0 Å². The van der Waals surface area contributed by atoms with Gasteiger partial charge in [0.1, 0.15) is 5.75 Å². The second-order valence-electron chi connectivity index (χ2n) is 5.78. The Kier molecular flexibility index (Phi) is 3.58. The molecule has 1 heterocycles. The van der Waals surface area contributed by atoms with E-state index >= 15 is 0 Å². The monoisotopic (exact) mass is 310 g/mol. The highest BCUT2D eigenvalue weighted by atomic mass is 19.2. The van der Waals surface area contributed by atoms with E-state index in [1.807, 2.05) is 0 Å². The van der Waals surface area contributed by atoms with Crippen molar-refractivity contribution in [1.29, 1.82) is 0 Å². The Bertz CT molecular complexity index is 772. The van der Waals surface area contributed by atoms with E-state index in [-0.39, 0.29) is 28.3 Å². The van der Waals surface area contributed by atoms with Crippen molar-refractivity contribution in [3.8, 4) is 22.8 Å². The average Bonchev–Trinajstić information content (AvgIpc) is 2.39. The molecule has 0 saturated heterocycles. The Morgan fingerprint density at radius 3 is 2.55 bits per heavy atom. The van der Waals surface area contributed by atoms with Crippen LogP contribution in [-0.2, 0) is 5.41 Å². The van der Waals surface area contributed by atoms with Crippen LogP contribution < -0.4 is 4.74 Å². The number of phenols is 1. The summed E-state index contributed by atoms with van der Waals surface area (Å²) in [6.07, 6.45) is 1.17. The van der Waals surface area contributed by atoms with Crippen molar-refractivity contribution >= 4 is 0 Å². The predicted molar refractivity (Wildman–Crippen MR) is 78.9 cm³/mol. The summed E-state index contributed by atoms with van der Waals surface area (Å²) in [7, 11) is 0. The van der Waals surface area contributed by atoms with Crippen LogP contribution in [0.25, 0.3) is 11.1 Å². The molecule has 2 aromatic rings. The highest BCUT2D eigenvalue weighted by Crippen LogP contribution is 2.38. The zero-order chi connectivity index (χ0) is 18.3. The first-order valence-corrected chi connectivity index (χ1v) is 6.64. The molecule has 2 rings (SSSR count). The minimum atomic E-state index is -2.00. The maximum atomic E-state index is 14.5. The first kappa shape index (κ1) is 13.4. The van der Waals surface area contributed by atoms with E-state index in [1.54, 1.807) is 20.8 Å². The van der Waals surface area contributed by atoms with Crippen molar-refractivity contribution < 1.29 is 21.4 Å². The van der Waals surface area contributed by atoms with E-state index in [1.165, 1.54) is 19.2 Å². The number of hydrogen-bond donors (Lipinski definition) is 1. The number of aromatic hydroxyl groups is 1. The molecule has 0 aliphatic heterocycles. The molecule has 0 spiro atoms. The van der Waals surface area contributed by atoms with Gasteiger partial charge in [0, 0.05) is 22.8 Å². The quantitative estimate of drug-likeness (QED) is 0.936. The second-order valence-corrected chi connectivity index (χ2v) is 5.78. The van der Waals surface area contributed by atoms with Gasteiger partial charge in [-0.3, -0.25) is 0 Å². The van der Waals surface area contributed by atoms with Crippen LogP contribution >= 0.6 is 0 Å². The number of phenolic OH excluding ortho intramolecular Hbond substituents is 1. The van der Waals surface area contributed by atoms with Crippen LogP contribution in [-0.4, -0.2) is 21.9 Å². The van der Waals surface area contributed by atoms with Crippen LogP contribution in [0, 0.1) is 11.6 Å². The number of hydrogen-bond acceptors (Lipinski definition) is 4. The number of rotatable bonds is 3. The Labute approximate surface area is 130 Å². The molecule has 0 saturated carbocycles. The van der Waals surface area contributed by atoms with Crippen molar-refractivity contribution in [1.82, 2.24) is 10.2 Å². The molecule has 0 bridgehead atoms. The van der Waals surface area contributed by atoms with Gasteiger partial charge in [-0.15, -0.1) is 5.10 Å². The van der Waals surface area contributed by atoms with Gasteiger partial charge in [-0.05, 0) is 18.4 Å². The highest BCUT2D eigenvalue weighted by molar-refractivity contribution is 5.67. The molecule has 6 heteroatoms. The van der Waals surface area contributed by atoms with Gasteiger partial charge in [-0.1, -0.05) is 20.8 Å². The van der Waals surface area contributed by atoms with Gasteiger partial charge in [0.2, 0.25) is 5.88 Å². The molecule has 4 nitrogen and oxygen atoms in total. The summed E-state index contributed by atoms with van der Waals surface area (Å²) >= 11 is 0. The zero-order valence-electron chi connectivity index (χ0n) is 14.7. The smallest absolute Gasteiger partial charge is 0.233 e. The molecular formula is C16H18F2N2O2. The first-order valence-electron chi connectivity index (χ1n) is 7.64. The standard InChI is InChI=1S/C16H18F2N2O2/c1-5-22-12-6-9(8-19-20-12)10-7-11(21)13(16(2,3)4)15(18)14(10)17/h6-8,21H,5H2,1-4H3/i5D2. The third kappa shape index (κ3) is 3.00. The van der Waals surface area contributed by atoms with E-state index in [0.29, 0.717) is 0 Å². The summed E-state index contributed by atoms with van der Waals surface area (Å²) in [6, 6.07) is 2.34. The molecule has 1 aromatic carbocycles. The fraction of sp³-hybridized carbons (Fsp3) is 0.375. The normalized spacial score (nSPS) is 13.5. The summed E-state index contributed by atoms with van der Waals surface area (Å²) in [5.74, 6) is -2.82. The minimum Gasteiger partial charge on any atom is -0.508 e. The number of ether oxygens (including phenoxy) is 1. The minimum absolute atomic E-state index is 0.108. The van der Waals surface area contributed by atoms with Crippen molar-refractivity contribution in [3.63, 3.8) is 0 Å². The van der Waals surface area contributed by atoms with E-state index < -0.39 is 23.6 Å². The fourth-order valence-electron chi connectivity index (χ4n) is 2.19. The molecule has 0 fully saturated rings. The van der Waals surface area contributed by atoms with E-state index in [9.17, 15) is 13.9 Å². The van der Waals surface area contributed by atoms with Gasteiger partial charge < -0.3 is 9.84 Å². The topological polar surface area (TPSA) is 55.2 Å². The molecule has 0 aliphatic rings.